The van der Waals surface area contributed by atoms with Gasteiger partial charge in [-0.3, -0.25) is 4.79 Å². The number of methoxy groups -OCH3 is 1. The summed E-state index contributed by atoms with van der Waals surface area (Å²) in [5.74, 6) is 0.695. The summed E-state index contributed by atoms with van der Waals surface area (Å²) < 4.78 is 6.94. The Bertz CT molecular complexity index is 425. The quantitative estimate of drug-likeness (QED) is 0.798. The minimum Gasteiger partial charge on any atom is -0.495 e. The number of carbonyl (C=O) groups is 1. The highest BCUT2D eigenvalue weighted by atomic mass is 79.9. The normalized spacial score (nSPS) is 10.0. The maximum Gasteiger partial charge on any atom is 0.239 e. The number of hydrogen-bond acceptors (Lipinski definition) is 3. The standard InChI is InChI=1S/C12H16Br2N2O2/c1-3-4-15-12(17)7-16-10-6-11(18-2)9(14)5-8(10)13/h5-6,16H,3-4,7H2,1-2H3,(H,15,17). The lowest BCUT2D eigenvalue weighted by atomic mass is 10.3. The summed E-state index contributed by atoms with van der Waals surface area (Å²) in [5, 5.41) is 5.87. The number of carbonyl (C=O) groups excluding carboxylic acids is 1. The predicted octanol–water partition coefficient (Wildman–Crippen LogP) is 3.16. The number of benzene rings is 1. The van der Waals surface area contributed by atoms with Crippen molar-refractivity contribution in [1.29, 1.82) is 0 Å². The first kappa shape index (κ1) is 15.3. The zero-order valence-electron chi connectivity index (χ0n) is 10.3. The summed E-state index contributed by atoms with van der Waals surface area (Å²) in [6.07, 6.45) is 0.932. The third kappa shape index (κ3) is 4.49. The maximum atomic E-state index is 11.5. The van der Waals surface area contributed by atoms with Gasteiger partial charge >= 0.3 is 0 Å². The van der Waals surface area contributed by atoms with Crippen molar-refractivity contribution in [2.24, 2.45) is 0 Å². The van der Waals surface area contributed by atoms with Gasteiger partial charge in [0.25, 0.3) is 0 Å². The highest BCUT2D eigenvalue weighted by Gasteiger charge is 2.08. The molecule has 1 aromatic carbocycles. The molecule has 0 atom stereocenters. The van der Waals surface area contributed by atoms with Crippen LogP contribution in [0.4, 0.5) is 5.69 Å². The van der Waals surface area contributed by atoms with E-state index in [9.17, 15) is 4.79 Å². The number of halogens is 2. The molecular formula is C12H16Br2N2O2. The Morgan fingerprint density at radius 2 is 2.06 bits per heavy atom. The molecule has 0 spiro atoms. The van der Waals surface area contributed by atoms with Crippen LogP contribution >= 0.6 is 31.9 Å². The molecule has 0 saturated carbocycles. The van der Waals surface area contributed by atoms with Gasteiger partial charge in [-0.15, -0.1) is 0 Å². The molecule has 18 heavy (non-hydrogen) atoms. The van der Waals surface area contributed by atoms with E-state index >= 15 is 0 Å². The Hall–Kier alpha value is -0.750. The Morgan fingerprint density at radius 3 is 2.67 bits per heavy atom. The molecule has 0 aliphatic carbocycles. The van der Waals surface area contributed by atoms with Crippen LogP contribution in [0.15, 0.2) is 21.1 Å². The van der Waals surface area contributed by atoms with Crippen molar-refractivity contribution in [2.45, 2.75) is 13.3 Å². The van der Waals surface area contributed by atoms with Gasteiger partial charge in [-0.05, 0) is 44.3 Å². The van der Waals surface area contributed by atoms with Crippen LogP contribution in [-0.2, 0) is 4.79 Å². The molecule has 2 N–H and O–H groups in total. The zero-order valence-corrected chi connectivity index (χ0v) is 13.5. The summed E-state index contributed by atoms with van der Waals surface area (Å²) in [7, 11) is 1.60. The van der Waals surface area contributed by atoms with Gasteiger partial charge < -0.3 is 15.4 Å². The first-order valence-electron chi connectivity index (χ1n) is 5.62. The smallest absolute Gasteiger partial charge is 0.239 e. The van der Waals surface area contributed by atoms with E-state index in [1.165, 1.54) is 0 Å². The third-order valence-electron chi connectivity index (χ3n) is 2.25. The summed E-state index contributed by atoms with van der Waals surface area (Å²) in [4.78, 5) is 11.5. The third-order valence-corrected chi connectivity index (χ3v) is 3.53. The summed E-state index contributed by atoms with van der Waals surface area (Å²) in [5.41, 5.74) is 0.821. The van der Waals surface area contributed by atoms with Crippen molar-refractivity contribution in [3.8, 4) is 5.75 Å². The molecule has 0 heterocycles. The zero-order chi connectivity index (χ0) is 13.5. The van der Waals surface area contributed by atoms with E-state index in [4.69, 9.17) is 4.74 Å². The van der Waals surface area contributed by atoms with Crippen LogP contribution in [0, 0.1) is 0 Å². The molecule has 0 fully saturated rings. The summed E-state index contributed by atoms with van der Waals surface area (Å²) in [6, 6.07) is 3.71. The van der Waals surface area contributed by atoms with Gasteiger partial charge in [0.05, 0.1) is 23.8 Å². The van der Waals surface area contributed by atoms with Crippen LogP contribution < -0.4 is 15.4 Å². The van der Waals surface area contributed by atoms with Crippen molar-refractivity contribution in [2.75, 3.05) is 25.5 Å². The average Bonchev–Trinajstić information content (AvgIpc) is 2.35. The molecule has 4 nitrogen and oxygen atoms in total. The molecule has 0 aromatic heterocycles. The lowest BCUT2D eigenvalue weighted by Gasteiger charge is -2.11. The number of nitrogens with one attached hydrogen (secondary N) is 2. The highest BCUT2D eigenvalue weighted by molar-refractivity contribution is 9.11. The van der Waals surface area contributed by atoms with Gasteiger partial charge in [-0.25, -0.2) is 0 Å². The fourth-order valence-corrected chi connectivity index (χ4v) is 2.62. The first-order chi connectivity index (χ1) is 8.58. The Kier molecular flexibility index (Phi) is 6.49. The van der Waals surface area contributed by atoms with Crippen molar-refractivity contribution in [3.63, 3.8) is 0 Å². The van der Waals surface area contributed by atoms with E-state index in [1.807, 2.05) is 19.1 Å². The number of anilines is 1. The van der Waals surface area contributed by atoms with Crippen LogP contribution in [-0.4, -0.2) is 26.1 Å². The second-order valence-corrected chi connectivity index (χ2v) is 5.38. The van der Waals surface area contributed by atoms with E-state index in [0.717, 1.165) is 26.8 Å². The first-order valence-corrected chi connectivity index (χ1v) is 7.20. The number of amides is 1. The Labute approximate surface area is 124 Å². The lowest BCUT2D eigenvalue weighted by Crippen LogP contribution is -2.30. The molecule has 0 aliphatic rings. The SMILES string of the molecule is CCCNC(=O)CNc1cc(OC)c(Br)cc1Br. The molecular weight excluding hydrogens is 364 g/mol. The van der Waals surface area contributed by atoms with Crippen LogP contribution in [0.5, 0.6) is 5.75 Å². The van der Waals surface area contributed by atoms with Crippen LogP contribution in [0.1, 0.15) is 13.3 Å². The van der Waals surface area contributed by atoms with Crippen LogP contribution in [0.3, 0.4) is 0 Å². The molecule has 0 bridgehead atoms. The van der Waals surface area contributed by atoms with E-state index in [-0.39, 0.29) is 12.5 Å². The van der Waals surface area contributed by atoms with Crippen molar-refractivity contribution in [3.05, 3.63) is 21.1 Å². The molecule has 100 valence electrons. The Balaban J connectivity index is 2.64. The van der Waals surface area contributed by atoms with Gasteiger partial charge in [0.15, 0.2) is 0 Å². The van der Waals surface area contributed by atoms with Gasteiger partial charge in [-0.1, -0.05) is 6.92 Å². The van der Waals surface area contributed by atoms with E-state index in [0.29, 0.717) is 6.54 Å². The summed E-state index contributed by atoms with van der Waals surface area (Å²) in [6.45, 7) is 2.96. The fraction of sp³-hybridized carbons (Fsp3) is 0.417. The lowest BCUT2D eigenvalue weighted by molar-refractivity contribution is -0.119. The van der Waals surface area contributed by atoms with E-state index in [1.54, 1.807) is 7.11 Å². The average molecular weight is 380 g/mol. The van der Waals surface area contributed by atoms with Crippen molar-refractivity contribution in [1.82, 2.24) is 5.32 Å². The number of hydrogen-bond donors (Lipinski definition) is 2. The monoisotopic (exact) mass is 378 g/mol. The second kappa shape index (κ2) is 7.63. The minimum atomic E-state index is -0.0226. The Morgan fingerprint density at radius 1 is 1.33 bits per heavy atom. The van der Waals surface area contributed by atoms with Crippen molar-refractivity contribution >= 4 is 43.5 Å². The highest BCUT2D eigenvalue weighted by Crippen LogP contribution is 2.34. The van der Waals surface area contributed by atoms with Gasteiger partial charge in [0, 0.05) is 17.1 Å². The topological polar surface area (TPSA) is 50.4 Å². The van der Waals surface area contributed by atoms with Gasteiger partial charge in [-0.2, -0.15) is 0 Å². The number of ether oxygens (including phenoxy) is 1. The molecule has 0 unspecified atom stereocenters. The predicted molar refractivity (Wildman–Crippen MR) is 80.2 cm³/mol. The largest absolute Gasteiger partial charge is 0.495 e. The van der Waals surface area contributed by atoms with Gasteiger partial charge in [0.1, 0.15) is 5.75 Å². The second-order valence-electron chi connectivity index (χ2n) is 3.67. The molecule has 1 rings (SSSR count). The van der Waals surface area contributed by atoms with E-state index in [2.05, 4.69) is 42.5 Å². The maximum absolute atomic E-state index is 11.5. The van der Waals surface area contributed by atoms with Crippen molar-refractivity contribution < 1.29 is 9.53 Å². The summed E-state index contributed by atoms with van der Waals surface area (Å²) >= 11 is 6.83. The van der Waals surface area contributed by atoms with Crippen LogP contribution in [0.25, 0.3) is 0 Å². The van der Waals surface area contributed by atoms with Gasteiger partial charge in [0.2, 0.25) is 5.91 Å². The fourth-order valence-electron chi connectivity index (χ4n) is 1.32. The molecule has 1 aromatic rings. The minimum absolute atomic E-state index is 0.0226. The molecule has 0 aliphatic heterocycles. The molecule has 6 heteroatoms. The van der Waals surface area contributed by atoms with E-state index < -0.39 is 0 Å². The molecule has 1 amide bonds. The molecule has 0 radical (unpaired) electrons. The molecule has 0 saturated heterocycles. The number of rotatable bonds is 6. The van der Waals surface area contributed by atoms with Crippen LogP contribution in [0.2, 0.25) is 0 Å².